The molecule has 2 unspecified atom stereocenters. The predicted octanol–water partition coefficient (Wildman–Crippen LogP) is 6.22. The van der Waals surface area contributed by atoms with Gasteiger partial charge in [-0.25, -0.2) is 4.98 Å². The molecule has 50 heavy (non-hydrogen) atoms. The van der Waals surface area contributed by atoms with Crippen LogP contribution in [0.2, 0.25) is 10.0 Å². The van der Waals surface area contributed by atoms with Crippen LogP contribution in [0.15, 0.2) is 60.8 Å². The number of hydrogen-bond acceptors (Lipinski definition) is 8. The fourth-order valence-electron chi connectivity index (χ4n) is 6.50. The van der Waals surface area contributed by atoms with Crippen molar-refractivity contribution in [2.75, 3.05) is 41.4 Å². The van der Waals surface area contributed by atoms with Gasteiger partial charge in [0.25, 0.3) is 0 Å². The van der Waals surface area contributed by atoms with Crippen LogP contribution < -0.4 is 20.1 Å². The average molecular weight is 718 g/mol. The highest BCUT2D eigenvalue weighted by molar-refractivity contribution is 6.39. The van der Waals surface area contributed by atoms with Crippen LogP contribution in [0, 0.1) is 0 Å². The molecular formula is C38H42Cl2N6O4. The minimum Gasteiger partial charge on any atom is -0.496 e. The number of rotatable bonds is 11. The molecule has 0 saturated carbocycles. The van der Waals surface area contributed by atoms with E-state index in [4.69, 9.17) is 37.7 Å². The number of hydrogen-bond donors (Lipinski definition) is 2. The first-order valence-corrected chi connectivity index (χ1v) is 17.5. The second-order valence-corrected chi connectivity index (χ2v) is 13.6. The monoisotopic (exact) mass is 716 g/mol. The van der Waals surface area contributed by atoms with Gasteiger partial charge in [0.15, 0.2) is 0 Å². The number of carbonyl (C=O) groups excluding carboxylic acids is 2. The fraction of sp³-hybridized carbons (Fsp3) is 0.368. The maximum atomic E-state index is 12.1. The van der Waals surface area contributed by atoms with E-state index < -0.39 is 0 Å². The topological polar surface area (TPSA) is 109 Å². The third-order valence-corrected chi connectivity index (χ3v) is 10.4. The molecule has 4 aromatic rings. The molecule has 2 amide bonds. The number of amides is 2. The Morgan fingerprint density at radius 1 is 0.780 bits per heavy atom. The van der Waals surface area contributed by atoms with E-state index in [0.29, 0.717) is 59.0 Å². The molecule has 2 N–H and O–H groups in total. The Kier molecular flexibility index (Phi) is 11.2. The van der Waals surface area contributed by atoms with Gasteiger partial charge in [0, 0.05) is 105 Å². The molecule has 0 bridgehead atoms. The van der Waals surface area contributed by atoms with E-state index >= 15 is 0 Å². The third-order valence-electron chi connectivity index (χ3n) is 9.63. The lowest BCUT2D eigenvalue weighted by molar-refractivity contribution is -0.133. The zero-order chi connectivity index (χ0) is 35.4. The van der Waals surface area contributed by atoms with E-state index in [9.17, 15) is 9.59 Å². The van der Waals surface area contributed by atoms with Crippen LogP contribution in [0.3, 0.4) is 0 Å². The maximum Gasteiger partial charge on any atom is 0.223 e. The van der Waals surface area contributed by atoms with Gasteiger partial charge in [-0.15, -0.1) is 0 Å². The van der Waals surface area contributed by atoms with Crippen LogP contribution in [-0.2, 0) is 22.7 Å². The van der Waals surface area contributed by atoms with E-state index in [1.165, 1.54) is 0 Å². The number of piperidine rings is 2. The number of benzene rings is 2. The van der Waals surface area contributed by atoms with Crippen molar-refractivity contribution >= 4 is 35.0 Å². The van der Waals surface area contributed by atoms with Crippen molar-refractivity contribution in [3.8, 4) is 45.3 Å². The summed E-state index contributed by atoms with van der Waals surface area (Å²) in [6.07, 6.45) is 4.50. The van der Waals surface area contributed by atoms with Crippen molar-refractivity contribution in [3.05, 3.63) is 82.0 Å². The summed E-state index contributed by atoms with van der Waals surface area (Å²) in [5, 5.41) is 7.96. The Hall–Kier alpha value is -4.22. The van der Waals surface area contributed by atoms with Crippen molar-refractivity contribution in [2.45, 2.75) is 50.9 Å². The molecule has 2 saturated heterocycles. The molecule has 2 fully saturated rings. The van der Waals surface area contributed by atoms with E-state index in [0.717, 1.165) is 59.3 Å². The molecule has 4 heterocycles. The number of pyridine rings is 2. The lowest BCUT2D eigenvalue weighted by atomic mass is 9.99. The van der Waals surface area contributed by atoms with Crippen LogP contribution in [0.4, 0.5) is 0 Å². The predicted molar refractivity (Wildman–Crippen MR) is 196 cm³/mol. The SMILES string of the molecule is COc1cc(-c2nccc(-c3cccc(-c4ccc(CNC5CCN(C)C(=O)C5)c(OC)n4)c3Cl)c2Cl)ccc1CNC1CCN(C)C(=O)C1. The standard InChI is InChI=1S/C38H42Cl2N6O4/c1-45-16-13-26(19-33(45)47)42-21-24-9-8-23(18-32(24)49-3)37-36(40)29(12-15-41-37)28-6-5-7-30(35(28)39)31-11-10-25(38(44-31)50-4)22-43-27-14-17-46(2)34(48)20-27/h5-12,15,18,26-27,42-43H,13-14,16-17,19-22H2,1-4H3. The summed E-state index contributed by atoms with van der Waals surface area (Å²) in [7, 11) is 6.92. The van der Waals surface area contributed by atoms with Gasteiger partial charge in [-0.3, -0.25) is 14.6 Å². The molecule has 0 spiro atoms. The van der Waals surface area contributed by atoms with Crippen molar-refractivity contribution in [3.63, 3.8) is 0 Å². The molecule has 10 nitrogen and oxygen atoms in total. The first kappa shape index (κ1) is 35.6. The molecule has 2 aliphatic rings. The van der Waals surface area contributed by atoms with Crippen LogP contribution in [0.1, 0.15) is 36.8 Å². The average Bonchev–Trinajstić information content (AvgIpc) is 3.13. The molecule has 0 radical (unpaired) electrons. The zero-order valence-electron chi connectivity index (χ0n) is 28.8. The highest BCUT2D eigenvalue weighted by Gasteiger charge is 2.25. The third kappa shape index (κ3) is 7.73. The summed E-state index contributed by atoms with van der Waals surface area (Å²) in [6.45, 7) is 2.59. The van der Waals surface area contributed by atoms with Gasteiger partial charge >= 0.3 is 0 Å². The Labute approximate surface area is 303 Å². The number of nitrogens with zero attached hydrogens (tertiary/aromatic N) is 4. The van der Waals surface area contributed by atoms with Crippen LogP contribution in [-0.4, -0.2) is 85.1 Å². The number of carbonyl (C=O) groups is 2. The Bertz CT molecular complexity index is 1750. The molecule has 262 valence electrons. The summed E-state index contributed by atoms with van der Waals surface area (Å²) >= 11 is 14.2. The molecule has 0 aliphatic carbocycles. The van der Waals surface area contributed by atoms with Crippen LogP contribution in [0.25, 0.3) is 33.6 Å². The molecule has 2 aromatic carbocycles. The molecular weight excluding hydrogens is 675 g/mol. The van der Waals surface area contributed by atoms with Crippen molar-refractivity contribution in [1.82, 2.24) is 30.4 Å². The van der Waals surface area contributed by atoms with Crippen molar-refractivity contribution in [2.24, 2.45) is 0 Å². The van der Waals surface area contributed by atoms with Crippen LogP contribution >= 0.6 is 23.2 Å². The molecule has 2 aliphatic heterocycles. The fourth-order valence-corrected chi connectivity index (χ4v) is 7.15. The zero-order valence-corrected chi connectivity index (χ0v) is 30.3. The number of methoxy groups -OCH3 is 2. The number of aromatic nitrogens is 2. The summed E-state index contributed by atoms with van der Waals surface area (Å²) in [4.78, 5) is 37.3. The minimum atomic E-state index is 0.113. The van der Waals surface area contributed by atoms with E-state index in [1.54, 1.807) is 30.2 Å². The van der Waals surface area contributed by atoms with E-state index in [1.807, 2.05) is 68.7 Å². The summed E-state index contributed by atoms with van der Waals surface area (Å²) in [5.74, 6) is 1.50. The summed E-state index contributed by atoms with van der Waals surface area (Å²) < 4.78 is 11.4. The van der Waals surface area contributed by atoms with E-state index in [-0.39, 0.29) is 23.9 Å². The van der Waals surface area contributed by atoms with Gasteiger partial charge in [0.05, 0.1) is 35.7 Å². The molecule has 2 atom stereocenters. The molecule has 6 rings (SSSR count). The van der Waals surface area contributed by atoms with Gasteiger partial charge in [0.2, 0.25) is 17.7 Å². The van der Waals surface area contributed by atoms with E-state index in [2.05, 4.69) is 15.6 Å². The number of nitrogens with one attached hydrogen (secondary N) is 2. The van der Waals surface area contributed by atoms with Gasteiger partial charge in [0.1, 0.15) is 5.75 Å². The van der Waals surface area contributed by atoms with Gasteiger partial charge in [-0.1, -0.05) is 59.6 Å². The Morgan fingerprint density at radius 2 is 1.40 bits per heavy atom. The lowest BCUT2D eigenvalue weighted by Gasteiger charge is -2.29. The quantitative estimate of drug-likeness (QED) is 0.188. The normalized spacial score (nSPS) is 18.0. The highest BCUT2D eigenvalue weighted by atomic mass is 35.5. The summed E-state index contributed by atoms with van der Waals surface area (Å²) in [5.41, 5.74) is 6.17. The summed E-state index contributed by atoms with van der Waals surface area (Å²) in [6, 6.07) is 17.7. The largest absolute Gasteiger partial charge is 0.496 e. The first-order chi connectivity index (χ1) is 24.2. The second kappa shape index (κ2) is 15.8. The number of likely N-dealkylation sites (tertiary alicyclic amines) is 2. The minimum absolute atomic E-state index is 0.113. The lowest BCUT2D eigenvalue weighted by Crippen LogP contribution is -2.43. The Balaban J connectivity index is 1.21. The number of halogens is 2. The van der Waals surface area contributed by atoms with Crippen LogP contribution in [0.5, 0.6) is 11.6 Å². The number of ether oxygens (including phenoxy) is 2. The first-order valence-electron chi connectivity index (χ1n) is 16.8. The second-order valence-electron chi connectivity index (χ2n) is 12.9. The van der Waals surface area contributed by atoms with Crippen molar-refractivity contribution in [1.29, 1.82) is 0 Å². The smallest absolute Gasteiger partial charge is 0.223 e. The van der Waals surface area contributed by atoms with Crippen molar-refractivity contribution < 1.29 is 19.1 Å². The van der Waals surface area contributed by atoms with Gasteiger partial charge < -0.3 is 29.9 Å². The Morgan fingerprint density at radius 3 is 2.04 bits per heavy atom. The molecule has 2 aromatic heterocycles. The molecule has 12 heteroatoms. The highest BCUT2D eigenvalue weighted by Crippen LogP contribution is 2.42. The van der Waals surface area contributed by atoms with Gasteiger partial charge in [-0.2, -0.15) is 0 Å². The van der Waals surface area contributed by atoms with Gasteiger partial charge in [-0.05, 0) is 31.0 Å². The maximum absolute atomic E-state index is 12.1.